The highest BCUT2D eigenvalue weighted by atomic mass is 79.9. The number of carboxylic acid groups (broad SMARTS) is 1. The van der Waals surface area contributed by atoms with E-state index in [9.17, 15) is 9.59 Å². The molecule has 6 heteroatoms. The zero-order valence-electron chi connectivity index (χ0n) is 11.7. The van der Waals surface area contributed by atoms with Crippen molar-refractivity contribution in [2.75, 3.05) is 5.32 Å². The van der Waals surface area contributed by atoms with Crippen LogP contribution in [0.2, 0.25) is 0 Å². The molecule has 0 atom stereocenters. The molecule has 0 aliphatic carbocycles. The molecule has 2 aromatic rings. The lowest BCUT2D eigenvalue weighted by atomic mass is 10.1. The number of aliphatic carboxylic acids is 1. The lowest BCUT2D eigenvalue weighted by Gasteiger charge is -2.08. The predicted octanol–water partition coefficient (Wildman–Crippen LogP) is 3.40. The molecule has 5 nitrogen and oxygen atoms in total. The van der Waals surface area contributed by atoms with Gasteiger partial charge < -0.3 is 15.7 Å². The zero-order chi connectivity index (χ0) is 15.9. The van der Waals surface area contributed by atoms with Crippen LogP contribution in [0.25, 0.3) is 0 Å². The summed E-state index contributed by atoms with van der Waals surface area (Å²) in [7, 11) is 0. The van der Waals surface area contributed by atoms with E-state index in [1.165, 1.54) is 0 Å². The van der Waals surface area contributed by atoms with Gasteiger partial charge in [0.05, 0.1) is 6.42 Å². The second-order valence-corrected chi connectivity index (χ2v) is 5.62. The third-order valence-corrected chi connectivity index (χ3v) is 3.46. The molecule has 2 rings (SSSR count). The van der Waals surface area contributed by atoms with Gasteiger partial charge in [-0.05, 0) is 35.4 Å². The van der Waals surface area contributed by atoms with E-state index in [1.54, 1.807) is 24.3 Å². The molecule has 2 aromatic carbocycles. The SMILES string of the molecule is O=C(O)Cc1ccc(NC(=O)NCc2ccc(Br)cc2)cc1. The maximum Gasteiger partial charge on any atom is 0.319 e. The first kappa shape index (κ1) is 16.0. The first-order valence-electron chi connectivity index (χ1n) is 6.63. The van der Waals surface area contributed by atoms with Crippen LogP contribution in [0.4, 0.5) is 10.5 Å². The van der Waals surface area contributed by atoms with Crippen LogP contribution in [0, 0.1) is 0 Å². The van der Waals surface area contributed by atoms with Crippen LogP contribution in [0.3, 0.4) is 0 Å². The third kappa shape index (κ3) is 5.21. The number of hydrogen-bond acceptors (Lipinski definition) is 2. The van der Waals surface area contributed by atoms with E-state index < -0.39 is 5.97 Å². The summed E-state index contributed by atoms with van der Waals surface area (Å²) in [5.74, 6) is -0.882. The van der Waals surface area contributed by atoms with Crippen molar-refractivity contribution in [2.24, 2.45) is 0 Å². The summed E-state index contributed by atoms with van der Waals surface area (Å²) in [6.45, 7) is 0.427. The van der Waals surface area contributed by atoms with E-state index in [1.807, 2.05) is 24.3 Å². The highest BCUT2D eigenvalue weighted by Gasteiger charge is 2.03. The number of urea groups is 1. The Morgan fingerprint density at radius 3 is 2.14 bits per heavy atom. The normalized spacial score (nSPS) is 10.0. The quantitative estimate of drug-likeness (QED) is 0.762. The van der Waals surface area contributed by atoms with Gasteiger partial charge in [-0.3, -0.25) is 4.79 Å². The Labute approximate surface area is 136 Å². The highest BCUT2D eigenvalue weighted by molar-refractivity contribution is 9.10. The van der Waals surface area contributed by atoms with Crippen LogP contribution in [-0.2, 0) is 17.8 Å². The van der Waals surface area contributed by atoms with Crippen molar-refractivity contribution >= 4 is 33.6 Å². The fourth-order valence-corrected chi connectivity index (χ4v) is 2.10. The van der Waals surface area contributed by atoms with Crippen molar-refractivity contribution in [3.8, 4) is 0 Å². The third-order valence-electron chi connectivity index (χ3n) is 2.93. The molecular formula is C16H15BrN2O3. The standard InChI is InChI=1S/C16H15BrN2O3/c17-13-5-1-12(2-6-13)10-18-16(22)19-14-7-3-11(4-8-14)9-15(20)21/h1-8H,9-10H2,(H,20,21)(H2,18,19,22). The molecule has 0 unspecified atom stereocenters. The Morgan fingerprint density at radius 2 is 1.55 bits per heavy atom. The van der Waals surface area contributed by atoms with Crippen molar-refractivity contribution < 1.29 is 14.7 Å². The fourth-order valence-electron chi connectivity index (χ4n) is 1.84. The van der Waals surface area contributed by atoms with Gasteiger partial charge in [-0.25, -0.2) is 4.79 Å². The molecular weight excluding hydrogens is 348 g/mol. The van der Waals surface area contributed by atoms with Crippen molar-refractivity contribution in [3.63, 3.8) is 0 Å². The van der Waals surface area contributed by atoms with Crippen LogP contribution in [0.1, 0.15) is 11.1 Å². The Kier molecular flexibility index (Phi) is 5.55. The summed E-state index contributed by atoms with van der Waals surface area (Å²) in [4.78, 5) is 22.4. The van der Waals surface area contributed by atoms with Crippen LogP contribution < -0.4 is 10.6 Å². The molecule has 0 saturated heterocycles. The average molecular weight is 363 g/mol. The maximum absolute atomic E-state index is 11.8. The summed E-state index contributed by atoms with van der Waals surface area (Å²) in [5, 5.41) is 14.1. The molecule has 0 saturated carbocycles. The van der Waals surface area contributed by atoms with Crippen molar-refractivity contribution in [3.05, 3.63) is 64.1 Å². The van der Waals surface area contributed by atoms with Gasteiger partial charge in [0, 0.05) is 16.7 Å². The molecule has 0 bridgehead atoms. The molecule has 3 N–H and O–H groups in total. The number of halogens is 1. The summed E-state index contributed by atoms with van der Waals surface area (Å²) >= 11 is 3.35. The second-order valence-electron chi connectivity index (χ2n) is 4.70. The summed E-state index contributed by atoms with van der Waals surface area (Å²) in [5.41, 5.74) is 2.30. The average Bonchev–Trinajstić information content (AvgIpc) is 2.48. The van der Waals surface area contributed by atoms with Crippen LogP contribution in [0.5, 0.6) is 0 Å². The van der Waals surface area contributed by atoms with E-state index in [4.69, 9.17) is 5.11 Å². The molecule has 2 amide bonds. The largest absolute Gasteiger partial charge is 0.481 e. The van der Waals surface area contributed by atoms with Crippen molar-refractivity contribution in [2.45, 2.75) is 13.0 Å². The van der Waals surface area contributed by atoms with Gasteiger partial charge in [0.15, 0.2) is 0 Å². The van der Waals surface area contributed by atoms with Crippen LogP contribution >= 0.6 is 15.9 Å². The molecule has 0 spiro atoms. The van der Waals surface area contributed by atoms with Gasteiger partial charge in [-0.2, -0.15) is 0 Å². The van der Waals surface area contributed by atoms with Crippen molar-refractivity contribution in [1.82, 2.24) is 5.32 Å². The van der Waals surface area contributed by atoms with Gasteiger partial charge in [0.1, 0.15) is 0 Å². The van der Waals surface area contributed by atoms with E-state index in [0.717, 1.165) is 10.0 Å². The lowest BCUT2D eigenvalue weighted by Crippen LogP contribution is -2.28. The first-order chi connectivity index (χ1) is 10.5. The zero-order valence-corrected chi connectivity index (χ0v) is 13.3. The van der Waals surface area contributed by atoms with E-state index in [0.29, 0.717) is 17.8 Å². The number of carbonyl (C=O) groups excluding carboxylic acids is 1. The Bertz CT molecular complexity index is 654. The smallest absolute Gasteiger partial charge is 0.319 e. The van der Waals surface area contributed by atoms with Crippen LogP contribution in [0.15, 0.2) is 53.0 Å². The first-order valence-corrected chi connectivity index (χ1v) is 7.42. The lowest BCUT2D eigenvalue weighted by molar-refractivity contribution is -0.136. The second kappa shape index (κ2) is 7.61. The number of rotatable bonds is 5. The number of nitrogens with one attached hydrogen (secondary N) is 2. The molecule has 0 aromatic heterocycles. The minimum atomic E-state index is -0.882. The molecule has 0 radical (unpaired) electrons. The number of amides is 2. The van der Waals surface area contributed by atoms with Gasteiger partial charge in [-0.1, -0.05) is 40.2 Å². The Balaban J connectivity index is 1.83. The minimum absolute atomic E-state index is 0.0317. The van der Waals surface area contributed by atoms with E-state index in [-0.39, 0.29) is 12.5 Å². The number of carbonyl (C=O) groups is 2. The van der Waals surface area contributed by atoms with E-state index >= 15 is 0 Å². The topological polar surface area (TPSA) is 78.4 Å². The number of benzene rings is 2. The molecule has 114 valence electrons. The van der Waals surface area contributed by atoms with Gasteiger partial charge in [-0.15, -0.1) is 0 Å². The highest BCUT2D eigenvalue weighted by Crippen LogP contribution is 2.11. The number of hydrogen-bond donors (Lipinski definition) is 3. The Hall–Kier alpha value is -2.34. The predicted molar refractivity (Wildman–Crippen MR) is 87.8 cm³/mol. The molecule has 0 heterocycles. The summed E-state index contributed by atoms with van der Waals surface area (Å²) in [6.07, 6.45) is -0.0317. The summed E-state index contributed by atoms with van der Waals surface area (Å²) < 4.78 is 0.988. The fraction of sp³-hybridized carbons (Fsp3) is 0.125. The van der Waals surface area contributed by atoms with Gasteiger partial charge in [0.25, 0.3) is 0 Å². The molecule has 0 fully saturated rings. The van der Waals surface area contributed by atoms with E-state index in [2.05, 4.69) is 26.6 Å². The summed E-state index contributed by atoms with van der Waals surface area (Å²) in [6, 6.07) is 14.1. The maximum atomic E-state index is 11.8. The monoisotopic (exact) mass is 362 g/mol. The molecule has 22 heavy (non-hydrogen) atoms. The molecule has 0 aliphatic rings. The Morgan fingerprint density at radius 1 is 0.955 bits per heavy atom. The van der Waals surface area contributed by atoms with Gasteiger partial charge in [0.2, 0.25) is 0 Å². The van der Waals surface area contributed by atoms with Gasteiger partial charge >= 0.3 is 12.0 Å². The molecule has 0 aliphatic heterocycles. The number of anilines is 1. The minimum Gasteiger partial charge on any atom is -0.481 e. The van der Waals surface area contributed by atoms with Crippen LogP contribution in [-0.4, -0.2) is 17.1 Å². The van der Waals surface area contributed by atoms with Crippen molar-refractivity contribution in [1.29, 1.82) is 0 Å². The number of carboxylic acids is 1.